The lowest BCUT2D eigenvalue weighted by Crippen LogP contribution is -2.23. The Morgan fingerprint density at radius 3 is 2.58 bits per heavy atom. The van der Waals surface area contributed by atoms with E-state index in [0.717, 1.165) is 19.7 Å². The van der Waals surface area contributed by atoms with Gasteiger partial charge in [0.25, 0.3) is 0 Å². The van der Waals surface area contributed by atoms with Crippen molar-refractivity contribution in [3.8, 4) is 5.69 Å². The van der Waals surface area contributed by atoms with Crippen molar-refractivity contribution in [3.63, 3.8) is 0 Å². The second-order valence-electron chi connectivity index (χ2n) is 6.37. The van der Waals surface area contributed by atoms with Gasteiger partial charge in [-0.1, -0.05) is 48.0 Å². The Hall–Kier alpha value is -2.36. The first-order valence-electron chi connectivity index (χ1n) is 8.44. The quantitative estimate of drug-likeness (QED) is 0.713. The summed E-state index contributed by atoms with van der Waals surface area (Å²) in [7, 11) is 0. The second-order valence-corrected chi connectivity index (χ2v) is 6.37. The minimum atomic E-state index is 0.0382. The maximum atomic E-state index is 6.01. The van der Waals surface area contributed by atoms with E-state index in [2.05, 4.69) is 83.4 Å². The molecule has 0 radical (unpaired) electrons. The van der Waals surface area contributed by atoms with E-state index in [1.165, 1.54) is 22.4 Å². The van der Waals surface area contributed by atoms with Crippen LogP contribution in [-0.2, 0) is 11.3 Å². The maximum Gasteiger partial charge on any atom is 0.138 e. The fraction of sp³-hybridized carbons (Fsp3) is 0.238. The molecule has 4 rings (SSSR count). The third-order valence-electron chi connectivity index (χ3n) is 4.55. The van der Waals surface area contributed by atoms with E-state index in [1.54, 1.807) is 0 Å². The number of nitrogens with zero attached hydrogens (tertiary/aromatic N) is 2. The zero-order valence-electron chi connectivity index (χ0n) is 13.9. The van der Waals surface area contributed by atoms with Gasteiger partial charge in [0.05, 0.1) is 6.61 Å². The predicted molar refractivity (Wildman–Crippen MR) is 96.1 cm³/mol. The van der Waals surface area contributed by atoms with E-state index in [1.807, 2.05) is 6.07 Å². The van der Waals surface area contributed by atoms with Crippen LogP contribution in [0.1, 0.15) is 22.9 Å². The zero-order valence-corrected chi connectivity index (χ0v) is 13.9. The average Bonchev–Trinajstić information content (AvgIpc) is 3.27. The third-order valence-corrected chi connectivity index (χ3v) is 4.55. The van der Waals surface area contributed by atoms with E-state index in [9.17, 15) is 0 Å². The van der Waals surface area contributed by atoms with Crippen molar-refractivity contribution >= 4 is 0 Å². The van der Waals surface area contributed by atoms with E-state index >= 15 is 0 Å². The first kappa shape index (κ1) is 15.2. The predicted octanol–water partition coefficient (Wildman–Crippen LogP) is 4.32. The van der Waals surface area contributed by atoms with E-state index in [-0.39, 0.29) is 6.23 Å². The summed E-state index contributed by atoms with van der Waals surface area (Å²) in [5.74, 6) is 0. The second kappa shape index (κ2) is 6.63. The highest BCUT2D eigenvalue weighted by molar-refractivity contribution is 5.34. The van der Waals surface area contributed by atoms with Crippen molar-refractivity contribution in [1.29, 1.82) is 0 Å². The molecule has 1 aliphatic heterocycles. The molecule has 1 aromatic heterocycles. The summed E-state index contributed by atoms with van der Waals surface area (Å²) in [5, 5.41) is 0. The SMILES string of the molecule is Cc1ccc(CN2CCOC2c2ccn(-c3ccccc3)c2)cc1. The number of hydrogen-bond acceptors (Lipinski definition) is 2. The molecule has 0 spiro atoms. The number of ether oxygens (including phenoxy) is 1. The Balaban J connectivity index is 1.52. The van der Waals surface area contributed by atoms with E-state index < -0.39 is 0 Å². The van der Waals surface area contributed by atoms with Gasteiger partial charge in [0, 0.05) is 36.7 Å². The van der Waals surface area contributed by atoms with Crippen molar-refractivity contribution in [2.24, 2.45) is 0 Å². The first-order chi connectivity index (χ1) is 11.8. The molecule has 122 valence electrons. The largest absolute Gasteiger partial charge is 0.357 e. The van der Waals surface area contributed by atoms with Gasteiger partial charge in [-0.2, -0.15) is 0 Å². The molecule has 1 aliphatic rings. The highest BCUT2D eigenvalue weighted by Gasteiger charge is 2.27. The summed E-state index contributed by atoms with van der Waals surface area (Å²) in [4.78, 5) is 2.40. The standard InChI is InChI=1S/C21H22N2O/c1-17-7-9-18(10-8-17)15-23-13-14-24-21(23)19-11-12-22(16-19)20-5-3-2-4-6-20/h2-12,16,21H,13-15H2,1H3. The number of rotatable bonds is 4. The number of para-hydroxylation sites is 1. The number of benzene rings is 2. The fourth-order valence-electron chi connectivity index (χ4n) is 3.22. The lowest BCUT2D eigenvalue weighted by molar-refractivity contribution is 0.0288. The summed E-state index contributed by atoms with van der Waals surface area (Å²) in [5.41, 5.74) is 5.02. The van der Waals surface area contributed by atoms with Crippen LogP contribution >= 0.6 is 0 Å². The van der Waals surface area contributed by atoms with Gasteiger partial charge in [-0.05, 0) is 30.7 Å². The Morgan fingerprint density at radius 1 is 1.00 bits per heavy atom. The molecule has 0 aliphatic carbocycles. The molecule has 0 saturated carbocycles. The summed E-state index contributed by atoms with van der Waals surface area (Å²) in [6.07, 6.45) is 4.32. The molecule has 0 bridgehead atoms. The molecule has 24 heavy (non-hydrogen) atoms. The molecular weight excluding hydrogens is 296 g/mol. The van der Waals surface area contributed by atoms with Gasteiger partial charge in [-0.15, -0.1) is 0 Å². The van der Waals surface area contributed by atoms with E-state index in [0.29, 0.717) is 0 Å². The Kier molecular flexibility index (Phi) is 4.20. The van der Waals surface area contributed by atoms with Gasteiger partial charge in [0.1, 0.15) is 6.23 Å². The van der Waals surface area contributed by atoms with Gasteiger partial charge in [-0.25, -0.2) is 0 Å². The summed E-state index contributed by atoms with van der Waals surface area (Å²) < 4.78 is 8.16. The molecule has 3 aromatic rings. The van der Waals surface area contributed by atoms with Crippen LogP contribution in [0.15, 0.2) is 73.1 Å². The van der Waals surface area contributed by atoms with Crippen LogP contribution in [0, 0.1) is 6.92 Å². The maximum absolute atomic E-state index is 6.01. The smallest absolute Gasteiger partial charge is 0.138 e. The molecule has 1 fully saturated rings. The van der Waals surface area contributed by atoms with Crippen molar-refractivity contribution in [2.75, 3.05) is 13.2 Å². The number of hydrogen-bond donors (Lipinski definition) is 0. The fourth-order valence-corrected chi connectivity index (χ4v) is 3.22. The minimum Gasteiger partial charge on any atom is -0.357 e. The van der Waals surface area contributed by atoms with Crippen molar-refractivity contribution in [1.82, 2.24) is 9.47 Å². The molecule has 0 amide bonds. The monoisotopic (exact) mass is 318 g/mol. The lowest BCUT2D eigenvalue weighted by Gasteiger charge is -2.22. The highest BCUT2D eigenvalue weighted by Crippen LogP contribution is 2.29. The molecule has 0 N–H and O–H groups in total. The van der Waals surface area contributed by atoms with E-state index in [4.69, 9.17) is 4.74 Å². The zero-order chi connectivity index (χ0) is 16.4. The summed E-state index contributed by atoms with van der Waals surface area (Å²) >= 11 is 0. The molecule has 3 nitrogen and oxygen atoms in total. The van der Waals surface area contributed by atoms with Crippen molar-refractivity contribution in [2.45, 2.75) is 19.7 Å². The van der Waals surface area contributed by atoms with Gasteiger partial charge in [0.15, 0.2) is 0 Å². The van der Waals surface area contributed by atoms with Gasteiger partial charge in [-0.3, -0.25) is 4.90 Å². The van der Waals surface area contributed by atoms with Gasteiger partial charge in [0.2, 0.25) is 0 Å². The highest BCUT2D eigenvalue weighted by atomic mass is 16.5. The van der Waals surface area contributed by atoms with Crippen LogP contribution in [0.3, 0.4) is 0 Å². The van der Waals surface area contributed by atoms with Crippen LogP contribution in [-0.4, -0.2) is 22.6 Å². The van der Waals surface area contributed by atoms with Crippen LogP contribution in [0.5, 0.6) is 0 Å². The third kappa shape index (κ3) is 3.14. The molecule has 3 heteroatoms. The molecule has 1 saturated heterocycles. The molecule has 2 aromatic carbocycles. The Labute approximate surface area is 143 Å². The number of aromatic nitrogens is 1. The molecular formula is C21H22N2O. The molecule has 2 heterocycles. The van der Waals surface area contributed by atoms with Crippen LogP contribution < -0.4 is 0 Å². The van der Waals surface area contributed by atoms with Crippen LogP contribution in [0.4, 0.5) is 0 Å². The minimum absolute atomic E-state index is 0.0382. The topological polar surface area (TPSA) is 17.4 Å². The van der Waals surface area contributed by atoms with Crippen molar-refractivity contribution < 1.29 is 4.74 Å². The Bertz CT molecular complexity index is 792. The average molecular weight is 318 g/mol. The van der Waals surface area contributed by atoms with Crippen molar-refractivity contribution in [3.05, 3.63) is 89.7 Å². The molecule has 1 unspecified atom stereocenters. The van der Waals surface area contributed by atoms with Crippen LogP contribution in [0.2, 0.25) is 0 Å². The summed E-state index contributed by atoms with van der Waals surface area (Å²) in [6.45, 7) is 4.79. The van der Waals surface area contributed by atoms with Crippen LogP contribution in [0.25, 0.3) is 5.69 Å². The molecule has 1 atom stereocenters. The van der Waals surface area contributed by atoms with Gasteiger partial charge >= 0.3 is 0 Å². The van der Waals surface area contributed by atoms with Gasteiger partial charge < -0.3 is 9.30 Å². The first-order valence-corrected chi connectivity index (χ1v) is 8.44. The Morgan fingerprint density at radius 2 is 1.79 bits per heavy atom. The number of aryl methyl sites for hydroxylation is 1. The lowest BCUT2D eigenvalue weighted by atomic mass is 10.1. The summed E-state index contributed by atoms with van der Waals surface area (Å²) in [6, 6.07) is 21.3. The normalized spacial score (nSPS) is 18.1.